The van der Waals surface area contributed by atoms with Crippen LogP contribution in [-0.2, 0) is 0 Å². The van der Waals surface area contributed by atoms with Crippen LogP contribution in [0.1, 0.15) is 32.1 Å². The first kappa shape index (κ1) is 9.31. The minimum atomic E-state index is 1.09. The maximum Gasteiger partial charge on any atom is -0.0311 e. The second-order valence-corrected chi connectivity index (χ2v) is 3.02. The van der Waals surface area contributed by atoms with E-state index >= 15 is 0 Å². The molecule has 12 heavy (non-hydrogen) atoms. The number of allylic oxidation sites excluding steroid dienone is 6. The lowest BCUT2D eigenvalue weighted by atomic mass is 10.1. The molecular weight excluding hydrogens is 144 g/mol. The molecule has 1 rings (SSSR count). The second-order valence-electron chi connectivity index (χ2n) is 3.02. The van der Waals surface area contributed by atoms with E-state index in [9.17, 15) is 0 Å². The molecule has 0 aromatic carbocycles. The zero-order valence-corrected chi connectivity index (χ0v) is 7.58. The van der Waals surface area contributed by atoms with E-state index in [0.717, 1.165) is 12.8 Å². The van der Waals surface area contributed by atoms with Gasteiger partial charge in [0.15, 0.2) is 0 Å². The Labute approximate surface area is 75.7 Å². The highest BCUT2D eigenvalue weighted by molar-refractivity contribution is 5.04. The van der Waals surface area contributed by atoms with E-state index in [0.29, 0.717) is 0 Å². The van der Waals surface area contributed by atoms with Crippen molar-refractivity contribution in [3.63, 3.8) is 0 Å². The Morgan fingerprint density at radius 1 is 0.667 bits per heavy atom. The molecule has 0 heterocycles. The Morgan fingerprint density at radius 2 is 1.42 bits per heavy atom. The van der Waals surface area contributed by atoms with Crippen molar-refractivity contribution in [2.75, 3.05) is 0 Å². The third-order valence-corrected chi connectivity index (χ3v) is 1.90. The van der Waals surface area contributed by atoms with Crippen molar-refractivity contribution < 1.29 is 0 Å². The molecule has 0 N–H and O–H groups in total. The van der Waals surface area contributed by atoms with Crippen molar-refractivity contribution >= 4 is 0 Å². The molecule has 0 unspecified atom stereocenters. The summed E-state index contributed by atoms with van der Waals surface area (Å²) in [6.45, 7) is 0. The molecule has 0 nitrogen and oxygen atoms in total. The summed E-state index contributed by atoms with van der Waals surface area (Å²) in [5.41, 5.74) is 0. The Hall–Kier alpha value is -0.780. The van der Waals surface area contributed by atoms with Gasteiger partial charge in [0.25, 0.3) is 0 Å². The molecule has 0 spiro atoms. The highest BCUT2D eigenvalue weighted by Gasteiger charge is 1.83. The van der Waals surface area contributed by atoms with E-state index in [1.54, 1.807) is 0 Å². The Bertz CT molecular complexity index is 152. The first-order valence-electron chi connectivity index (χ1n) is 4.78. The highest BCUT2D eigenvalue weighted by Crippen LogP contribution is 2.03. The van der Waals surface area contributed by atoms with Crippen LogP contribution in [-0.4, -0.2) is 0 Å². The molecule has 1 aliphatic carbocycles. The van der Waals surface area contributed by atoms with Gasteiger partial charge in [-0.1, -0.05) is 36.5 Å². The van der Waals surface area contributed by atoms with E-state index < -0.39 is 0 Å². The highest BCUT2D eigenvalue weighted by atomic mass is 13.9. The minimum Gasteiger partial charge on any atom is -0.0885 e. The Kier molecular flexibility index (Phi) is 5.35. The number of hydrogen-bond acceptors (Lipinski definition) is 0. The summed E-state index contributed by atoms with van der Waals surface area (Å²) < 4.78 is 0. The van der Waals surface area contributed by atoms with Gasteiger partial charge in [-0.15, -0.1) is 0 Å². The molecule has 1 radical (unpaired) electrons. The van der Waals surface area contributed by atoms with E-state index in [1.165, 1.54) is 19.3 Å². The third kappa shape index (κ3) is 4.95. The lowest BCUT2D eigenvalue weighted by Crippen LogP contribution is -1.74. The van der Waals surface area contributed by atoms with Crippen LogP contribution in [0.2, 0.25) is 0 Å². The summed E-state index contributed by atoms with van der Waals surface area (Å²) in [6.07, 6.45) is 21.5. The zero-order chi connectivity index (χ0) is 8.49. The molecule has 0 aromatic heterocycles. The fourth-order valence-electron chi connectivity index (χ4n) is 1.19. The molecular formula is C12H17. The van der Waals surface area contributed by atoms with E-state index in [1.807, 2.05) is 0 Å². The topological polar surface area (TPSA) is 0 Å². The van der Waals surface area contributed by atoms with Crippen molar-refractivity contribution in [3.8, 4) is 0 Å². The largest absolute Gasteiger partial charge is 0.0885 e. The third-order valence-electron chi connectivity index (χ3n) is 1.90. The summed E-state index contributed by atoms with van der Waals surface area (Å²) >= 11 is 0. The predicted molar refractivity (Wildman–Crippen MR) is 54.8 cm³/mol. The summed E-state index contributed by atoms with van der Waals surface area (Å²) in [4.78, 5) is 0. The molecule has 65 valence electrons. The van der Waals surface area contributed by atoms with Crippen LogP contribution < -0.4 is 0 Å². The molecule has 0 saturated carbocycles. The first-order chi connectivity index (χ1) is 6.00. The molecule has 0 aromatic rings. The van der Waals surface area contributed by atoms with Crippen molar-refractivity contribution in [1.82, 2.24) is 0 Å². The van der Waals surface area contributed by atoms with Gasteiger partial charge in [0, 0.05) is 0 Å². The standard InChI is InChI=1S/C12H17/c1-2-4-6-8-10-12-11-9-7-5-3-1/h1-4,7,11-12H,5-6,8-10H2. The lowest BCUT2D eigenvalue weighted by molar-refractivity contribution is 0.864. The van der Waals surface area contributed by atoms with Gasteiger partial charge >= 0.3 is 0 Å². The van der Waals surface area contributed by atoms with Crippen molar-refractivity contribution in [3.05, 3.63) is 42.9 Å². The van der Waals surface area contributed by atoms with Crippen LogP contribution in [0.15, 0.2) is 36.5 Å². The zero-order valence-electron chi connectivity index (χ0n) is 7.58. The van der Waals surface area contributed by atoms with Crippen LogP contribution in [0.4, 0.5) is 0 Å². The molecule has 0 amide bonds. The average molecular weight is 161 g/mol. The second kappa shape index (κ2) is 6.90. The van der Waals surface area contributed by atoms with E-state index in [2.05, 4.69) is 42.9 Å². The van der Waals surface area contributed by atoms with Gasteiger partial charge in [0.05, 0.1) is 0 Å². The van der Waals surface area contributed by atoms with E-state index in [4.69, 9.17) is 0 Å². The summed E-state index contributed by atoms with van der Waals surface area (Å²) in [5.74, 6) is 0. The van der Waals surface area contributed by atoms with Gasteiger partial charge in [-0.25, -0.2) is 0 Å². The van der Waals surface area contributed by atoms with Crippen LogP contribution in [0.25, 0.3) is 0 Å². The van der Waals surface area contributed by atoms with Crippen molar-refractivity contribution in [1.29, 1.82) is 0 Å². The first-order valence-corrected chi connectivity index (χ1v) is 4.78. The predicted octanol–water partition coefficient (Wildman–Crippen LogP) is 3.82. The Balaban J connectivity index is 2.30. The lowest BCUT2D eigenvalue weighted by Gasteiger charge is -1.93. The van der Waals surface area contributed by atoms with Gasteiger partial charge in [-0.05, 0) is 38.5 Å². The van der Waals surface area contributed by atoms with Crippen LogP contribution in [0, 0.1) is 6.42 Å². The number of hydrogen-bond donors (Lipinski definition) is 0. The summed E-state index contributed by atoms with van der Waals surface area (Å²) in [6, 6.07) is 0. The minimum absolute atomic E-state index is 1.09. The smallest absolute Gasteiger partial charge is 0.0311 e. The summed E-state index contributed by atoms with van der Waals surface area (Å²) in [5, 5.41) is 0. The fourth-order valence-corrected chi connectivity index (χ4v) is 1.19. The monoisotopic (exact) mass is 161 g/mol. The normalized spacial score (nSPS) is 20.0. The maximum absolute atomic E-state index is 2.29. The fraction of sp³-hybridized carbons (Fsp3) is 0.417. The molecule has 0 atom stereocenters. The molecule has 0 bridgehead atoms. The molecule has 1 aliphatic rings. The van der Waals surface area contributed by atoms with Crippen molar-refractivity contribution in [2.45, 2.75) is 32.1 Å². The van der Waals surface area contributed by atoms with Crippen LogP contribution >= 0.6 is 0 Å². The van der Waals surface area contributed by atoms with Gasteiger partial charge in [-0.3, -0.25) is 0 Å². The van der Waals surface area contributed by atoms with Crippen molar-refractivity contribution in [2.24, 2.45) is 0 Å². The van der Waals surface area contributed by atoms with Gasteiger partial charge in [-0.2, -0.15) is 0 Å². The quantitative estimate of drug-likeness (QED) is 0.474. The van der Waals surface area contributed by atoms with Crippen LogP contribution in [0.5, 0.6) is 0 Å². The maximum atomic E-state index is 2.29. The van der Waals surface area contributed by atoms with E-state index in [-0.39, 0.29) is 0 Å². The average Bonchev–Trinajstić information content (AvgIpc) is 2.05. The molecule has 0 aliphatic heterocycles. The van der Waals surface area contributed by atoms with Gasteiger partial charge in [0.1, 0.15) is 0 Å². The Morgan fingerprint density at radius 3 is 2.42 bits per heavy atom. The number of rotatable bonds is 0. The van der Waals surface area contributed by atoms with Crippen LogP contribution in [0.3, 0.4) is 0 Å². The molecule has 0 saturated heterocycles. The van der Waals surface area contributed by atoms with Gasteiger partial charge in [0.2, 0.25) is 0 Å². The van der Waals surface area contributed by atoms with Gasteiger partial charge < -0.3 is 0 Å². The summed E-state index contributed by atoms with van der Waals surface area (Å²) in [7, 11) is 0. The SMILES string of the molecule is [CH]1CC=CC=CCCCC=CC1. The molecule has 0 heteroatoms. The molecule has 0 fully saturated rings.